The highest BCUT2D eigenvalue weighted by atomic mass is 32.2. The summed E-state index contributed by atoms with van der Waals surface area (Å²) in [4.78, 5) is 21.2. The van der Waals surface area contributed by atoms with E-state index in [0.29, 0.717) is 10.8 Å². The van der Waals surface area contributed by atoms with Crippen molar-refractivity contribution >= 4 is 34.1 Å². The molecule has 2 aromatic rings. The molecule has 0 saturated carbocycles. The van der Waals surface area contributed by atoms with Gasteiger partial charge in [0.25, 0.3) is 5.91 Å². The van der Waals surface area contributed by atoms with E-state index in [1.165, 1.54) is 4.88 Å². The number of thiazole rings is 1. The van der Waals surface area contributed by atoms with E-state index in [-0.39, 0.29) is 5.91 Å². The van der Waals surface area contributed by atoms with Gasteiger partial charge in [0.1, 0.15) is 6.54 Å². The molecule has 2 heterocycles. The Labute approximate surface area is 151 Å². The minimum absolute atomic E-state index is 0.0769. The van der Waals surface area contributed by atoms with Crippen molar-refractivity contribution in [3.63, 3.8) is 0 Å². The maximum Gasteiger partial charge on any atom is 0.257 e. The topological polar surface area (TPSA) is 46.4 Å². The van der Waals surface area contributed by atoms with Crippen LogP contribution in [0.25, 0.3) is 0 Å². The largest absolute Gasteiger partial charge is 0.330 e. The summed E-state index contributed by atoms with van der Waals surface area (Å²) in [6.07, 6.45) is 1.01. The van der Waals surface area contributed by atoms with Gasteiger partial charge < -0.3 is 4.90 Å². The highest BCUT2D eigenvalue weighted by Gasteiger charge is 2.23. The summed E-state index contributed by atoms with van der Waals surface area (Å²) < 4.78 is 0. The number of aromatic nitrogens is 1. The van der Waals surface area contributed by atoms with Gasteiger partial charge in [-0.3, -0.25) is 10.1 Å². The summed E-state index contributed by atoms with van der Waals surface area (Å²) >= 11 is 3.39. The van der Waals surface area contributed by atoms with Crippen LogP contribution in [-0.2, 0) is 13.0 Å². The molecule has 6 heteroatoms. The predicted octanol–water partition coefficient (Wildman–Crippen LogP) is 2.86. The van der Waals surface area contributed by atoms with Gasteiger partial charge in [0.15, 0.2) is 5.13 Å². The van der Waals surface area contributed by atoms with Gasteiger partial charge in [-0.2, -0.15) is 0 Å². The number of thioether (sulfide) groups is 1. The number of carbonyl (C=O) groups is 1. The molecule has 0 saturated heterocycles. The van der Waals surface area contributed by atoms with E-state index in [4.69, 9.17) is 0 Å². The van der Waals surface area contributed by atoms with Crippen molar-refractivity contribution in [1.29, 1.82) is 0 Å². The Morgan fingerprint density at radius 1 is 1.46 bits per heavy atom. The van der Waals surface area contributed by atoms with E-state index in [1.54, 1.807) is 28.0 Å². The van der Waals surface area contributed by atoms with Crippen molar-refractivity contribution in [2.24, 2.45) is 0 Å². The van der Waals surface area contributed by atoms with Crippen LogP contribution in [0.5, 0.6) is 0 Å². The predicted molar refractivity (Wildman–Crippen MR) is 101 cm³/mol. The number of hydrogen-bond acceptors (Lipinski definition) is 4. The standard InChI is InChI=1S/C18H23N3OS2/c1-4-21-9-8-15-16(11-21)24-18(19-15)20-17(22)13-6-5-7-14(10-13)23-12(2)3/h5-7,10,12H,4,8-9,11H2,1-3H3,(H,19,20,22)/p+1. The average Bonchev–Trinajstić information content (AvgIpc) is 2.95. The number of nitrogens with zero attached hydrogens (tertiary/aromatic N) is 1. The number of likely N-dealkylation sites (N-methyl/N-ethyl adjacent to an activating group) is 1. The van der Waals surface area contributed by atoms with Crippen LogP contribution in [0.2, 0.25) is 0 Å². The smallest absolute Gasteiger partial charge is 0.257 e. The normalized spacial score (nSPS) is 16.9. The molecule has 0 bridgehead atoms. The van der Waals surface area contributed by atoms with E-state index >= 15 is 0 Å². The molecule has 1 aliphatic rings. The summed E-state index contributed by atoms with van der Waals surface area (Å²) in [7, 11) is 0. The first kappa shape index (κ1) is 17.5. The van der Waals surface area contributed by atoms with Gasteiger partial charge in [-0.05, 0) is 25.1 Å². The number of amides is 1. The summed E-state index contributed by atoms with van der Waals surface area (Å²) in [6, 6.07) is 7.80. The van der Waals surface area contributed by atoms with Gasteiger partial charge >= 0.3 is 0 Å². The van der Waals surface area contributed by atoms with Crippen molar-refractivity contribution < 1.29 is 9.69 Å². The number of rotatable bonds is 5. The Balaban J connectivity index is 1.70. The lowest BCUT2D eigenvalue weighted by Gasteiger charge is -2.20. The number of carbonyl (C=O) groups excluding carboxylic acids is 1. The number of benzene rings is 1. The van der Waals surface area contributed by atoms with Crippen molar-refractivity contribution in [2.75, 3.05) is 18.4 Å². The zero-order chi connectivity index (χ0) is 17.1. The van der Waals surface area contributed by atoms with Crippen LogP contribution >= 0.6 is 23.1 Å². The fourth-order valence-corrected chi connectivity index (χ4v) is 4.81. The van der Waals surface area contributed by atoms with Crippen LogP contribution in [0.3, 0.4) is 0 Å². The zero-order valence-corrected chi connectivity index (χ0v) is 16.0. The molecule has 24 heavy (non-hydrogen) atoms. The number of quaternary nitrogens is 1. The van der Waals surface area contributed by atoms with E-state index < -0.39 is 0 Å². The molecular weight excluding hydrogens is 338 g/mol. The molecule has 2 N–H and O–H groups in total. The zero-order valence-electron chi connectivity index (χ0n) is 14.4. The Kier molecular flexibility index (Phi) is 5.58. The van der Waals surface area contributed by atoms with Crippen molar-refractivity contribution in [2.45, 2.75) is 43.9 Å². The van der Waals surface area contributed by atoms with Gasteiger partial charge in [-0.15, -0.1) is 11.8 Å². The fraction of sp³-hybridized carbons (Fsp3) is 0.444. The van der Waals surface area contributed by atoms with Gasteiger partial charge in [0.2, 0.25) is 0 Å². The van der Waals surface area contributed by atoms with Crippen LogP contribution in [-0.4, -0.2) is 29.2 Å². The first-order chi connectivity index (χ1) is 11.5. The van der Waals surface area contributed by atoms with Gasteiger partial charge in [-0.1, -0.05) is 31.3 Å². The lowest BCUT2D eigenvalue weighted by Crippen LogP contribution is -3.11. The second kappa shape index (κ2) is 7.68. The monoisotopic (exact) mass is 362 g/mol. The van der Waals surface area contributed by atoms with Crippen LogP contribution in [0.15, 0.2) is 29.2 Å². The molecule has 1 amide bonds. The third-order valence-corrected chi connectivity index (χ3v) is 6.10. The maximum absolute atomic E-state index is 12.5. The Morgan fingerprint density at radius 2 is 2.29 bits per heavy atom. The second-order valence-electron chi connectivity index (χ2n) is 6.32. The van der Waals surface area contributed by atoms with Crippen LogP contribution in [0.1, 0.15) is 41.7 Å². The second-order valence-corrected chi connectivity index (χ2v) is 9.05. The Morgan fingerprint density at radius 3 is 3.04 bits per heavy atom. The molecule has 0 radical (unpaired) electrons. The summed E-state index contributed by atoms with van der Waals surface area (Å²) in [5.41, 5.74) is 1.85. The molecule has 1 aromatic carbocycles. The Hall–Kier alpha value is -1.37. The van der Waals surface area contributed by atoms with E-state index in [9.17, 15) is 4.79 Å². The van der Waals surface area contributed by atoms with Gasteiger partial charge in [0.05, 0.1) is 23.7 Å². The number of hydrogen-bond donors (Lipinski definition) is 2. The molecule has 4 nitrogen and oxygen atoms in total. The van der Waals surface area contributed by atoms with E-state index in [1.807, 2.05) is 24.3 Å². The molecule has 1 aromatic heterocycles. The van der Waals surface area contributed by atoms with Crippen molar-refractivity contribution in [3.8, 4) is 0 Å². The third kappa shape index (κ3) is 4.18. The van der Waals surface area contributed by atoms with E-state index in [0.717, 1.165) is 41.8 Å². The quantitative estimate of drug-likeness (QED) is 0.804. The van der Waals surface area contributed by atoms with Crippen molar-refractivity contribution in [3.05, 3.63) is 40.4 Å². The molecule has 1 aliphatic heterocycles. The van der Waals surface area contributed by atoms with Crippen LogP contribution < -0.4 is 10.2 Å². The van der Waals surface area contributed by atoms with E-state index in [2.05, 4.69) is 31.1 Å². The van der Waals surface area contributed by atoms with Gasteiger partial charge in [0, 0.05) is 22.1 Å². The lowest BCUT2D eigenvalue weighted by atomic mass is 10.2. The average molecular weight is 363 g/mol. The molecular formula is C18H24N3OS2+. The van der Waals surface area contributed by atoms with Crippen LogP contribution in [0, 0.1) is 0 Å². The molecule has 0 spiro atoms. The fourth-order valence-electron chi connectivity index (χ4n) is 2.83. The number of fused-ring (bicyclic) bond motifs is 1. The molecule has 0 aliphatic carbocycles. The Bertz CT molecular complexity index is 727. The minimum Gasteiger partial charge on any atom is -0.330 e. The molecule has 1 unspecified atom stereocenters. The van der Waals surface area contributed by atoms with Gasteiger partial charge in [-0.25, -0.2) is 4.98 Å². The highest BCUT2D eigenvalue weighted by Crippen LogP contribution is 2.26. The minimum atomic E-state index is -0.0769. The third-order valence-electron chi connectivity index (χ3n) is 4.09. The SMILES string of the molecule is CC[NH+]1CCc2nc(NC(=O)c3cccc(SC(C)C)c3)sc2C1. The first-order valence-corrected chi connectivity index (χ1v) is 10.1. The summed E-state index contributed by atoms with van der Waals surface area (Å²) in [6.45, 7) is 9.82. The van der Waals surface area contributed by atoms with Crippen molar-refractivity contribution in [1.82, 2.24) is 4.98 Å². The molecule has 128 valence electrons. The number of anilines is 1. The highest BCUT2D eigenvalue weighted by molar-refractivity contribution is 7.99. The first-order valence-electron chi connectivity index (χ1n) is 8.45. The summed E-state index contributed by atoms with van der Waals surface area (Å²) in [5, 5.41) is 4.20. The van der Waals surface area contributed by atoms with Crippen LogP contribution in [0.4, 0.5) is 5.13 Å². The number of nitrogens with one attached hydrogen (secondary N) is 2. The maximum atomic E-state index is 12.5. The lowest BCUT2D eigenvalue weighted by molar-refractivity contribution is -0.913. The molecule has 1 atom stereocenters. The molecule has 3 rings (SSSR count). The molecule has 0 fully saturated rings. The summed E-state index contributed by atoms with van der Waals surface area (Å²) in [5.74, 6) is -0.0769.